The highest BCUT2D eigenvalue weighted by molar-refractivity contribution is 5.89. The number of fused-ring (bicyclic) bond motifs is 1. The Morgan fingerprint density at radius 1 is 1.35 bits per heavy atom. The predicted molar refractivity (Wildman–Crippen MR) is 94.3 cm³/mol. The number of nitrogens with one attached hydrogen (secondary N) is 1. The van der Waals surface area contributed by atoms with Crippen molar-refractivity contribution >= 4 is 16.8 Å². The fourth-order valence-corrected chi connectivity index (χ4v) is 4.12. The van der Waals surface area contributed by atoms with Crippen molar-refractivity contribution in [3.63, 3.8) is 0 Å². The van der Waals surface area contributed by atoms with Gasteiger partial charge in [-0.05, 0) is 11.6 Å². The minimum atomic E-state index is -2.67. The van der Waals surface area contributed by atoms with E-state index < -0.39 is 5.92 Å². The van der Waals surface area contributed by atoms with E-state index in [0.717, 1.165) is 16.5 Å². The first-order valence-electron chi connectivity index (χ1n) is 8.92. The summed E-state index contributed by atoms with van der Waals surface area (Å²) in [6.07, 6.45) is 2.03. The van der Waals surface area contributed by atoms with Gasteiger partial charge in [-0.2, -0.15) is 0 Å². The summed E-state index contributed by atoms with van der Waals surface area (Å²) in [5.74, 6) is -2.63. The van der Waals surface area contributed by atoms with Crippen LogP contribution in [0.4, 0.5) is 8.78 Å². The molecule has 0 saturated carbocycles. The first-order chi connectivity index (χ1) is 12.5. The zero-order valence-electron chi connectivity index (χ0n) is 14.8. The van der Waals surface area contributed by atoms with Crippen LogP contribution in [0.1, 0.15) is 12.0 Å². The number of methoxy groups -OCH3 is 1. The first-order valence-corrected chi connectivity index (χ1v) is 8.92. The fraction of sp³-hybridized carbons (Fsp3) is 0.526. The summed E-state index contributed by atoms with van der Waals surface area (Å²) in [7, 11) is 1.53. The summed E-state index contributed by atoms with van der Waals surface area (Å²) in [6.45, 7) is 1.08. The molecule has 2 aromatic rings. The number of carbonyl (C=O) groups excluding carboxylic acids is 1. The molecular weight excluding hydrogens is 340 g/mol. The quantitative estimate of drug-likeness (QED) is 0.887. The first kappa shape index (κ1) is 17.4. The fourth-order valence-electron chi connectivity index (χ4n) is 4.12. The lowest BCUT2D eigenvalue weighted by molar-refractivity contribution is -0.138. The normalized spacial score (nSPS) is 23.5. The van der Waals surface area contributed by atoms with E-state index in [-0.39, 0.29) is 31.0 Å². The monoisotopic (exact) mass is 363 g/mol. The molecule has 1 amide bonds. The minimum absolute atomic E-state index is 0.00422. The summed E-state index contributed by atoms with van der Waals surface area (Å²) in [4.78, 5) is 19.3. The van der Waals surface area contributed by atoms with Crippen LogP contribution in [-0.4, -0.2) is 72.0 Å². The lowest BCUT2D eigenvalue weighted by Crippen LogP contribution is -2.62. The molecule has 5 nitrogen and oxygen atoms in total. The Hall–Kier alpha value is -1.99. The zero-order valence-corrected chi connectivity index (χ0v) is 14.8. The predicted octanol–water partition coefficient (Wildman–Crippen LogP) is 2.28. The second-order valence-corrected chi connectivity index (χ2v) is 7.33. The topological polar surface area (TPSA) is 48.6 Å². The van der Waals surface area contributed by atoms with Gasteiger partial charge in [-0.1, -0.05) is 18.2 Å². The number of likely N-dealkylation sites (tertiary alicyclic amines) is 2. The van der Waals surface area contributed by atoms with Crippen molar-refractivity contribution in [2.24, 2.45) is 0 Å². The van der Waals surface area contributed by atoms with Crippen LogP contribution in [0.5, 0.6) is 0 Å². The smallest absolute Gasteiger partial charge is 0.262 e. The van der Waals surface area contributed by atoms with Gasteiger partial charge in [0.2, 0.25) is 5.91 Å². The number of alkyl halides is 2. The molecule has 0 radical (unpaired) electrons. The van der Waals surface area contributed by atoms with Crippen LogP contribution in [0.2, 0.25) is 0 Å². The van der Waals surface area contributed by atoms with Crippen molar-refractivity contribution in [3.05, 3.63) is 36.0 Å². The van der Waals surface area contributed by atoms with Gasteiger partial charge in [0, 0.05) is 55.8 Å². The standard InChI is InChI=1S/C19H23F2N3O2/c1-26-11-14-7-19(20,21)12-24(14)15-9-23(10-15)18(25)6-13-8-22-17-5-3-2-4-16(13)17/h2-5,8,14-15,22H,6-7,9-12H2,1H3/t14-/m0/s1. The number of nitrogens with zero attached hydrogens (tertiary/aromatic N) is 2. The van der Waals surface area contributed by atoms with E-state index in [1.807, 2.05) is 35.4 Å². The number of ether oxygens (including phenoxy) is 1. The van der Waals surface area contributed by atoms with Gasteiger partial charge in [-0.3, -0.25) is 9.69 Å². The van der Waals surface area contributed by atoms with Crippen LogP contribution in [0.3, 0.4) is 0 Å². The van der Waals surface area contributed by atoms with Gasteiger partial charge < -0.3 is 14.6 Å². The Kier molecular flexibility index (Phi) is 4.44. The molecule has 2 saturated heterocycles. The highest BCUT2D eigenvalue weighted by Crippen LogP contribution is 2.35. The van der Waals surface area contributed by atoms with Crippen LogP contribution in [-0.2, 0) is 16.0 Å². The molecule has 3 heterocycles. The van der Waals surface area contributed by atoms with Gasteiger partial charge in [0.1, 0.15) is 0 Å². The third-order valence-corrected chi connectivity index (χ3v) is 5.48. The van der Waals surface area contributed by atoms with Crippen LogP contribution in [0, 0.1) is 0 Å². The van der Waals surface area contributed by atoms with Crippen molar-refractivity contribution in [1.29, 1.82) is 0 Å². The summed E-state index contributed by atoms with van der Waals surface area (Å²) in [5, 5.41) is 1.05. The van der Waals surface area contributed by atoms with E-state index >= 15 is 0 Å². The van der Waals surface area contributed by atoms with E-state index in [2.05, 4.69) is 4.98 Å². The number of aromatic nitrogens is 1. The number of amides is 1. The van der Waals surface area contributed by atoms with Gasteiger partial charge in [-0.25, -0.2) is 8.78 Å². The number of rotatable bonds is 5. The maximum atomic E-state index is 13.8. The van der Waals surface area contributed by atoms with Gasteiger partial charge in [-0.15, -0.1) is 0 Å². The average Bonchev–Trinajstić information content (AvgIpc) is 3.08. The summed E-state index contributed by atoms with van der Waals surface area (Å²) >= 11 is 0. The van der Waals surface area contributed by atoms with E-state index in [4.69, 9.17) is 4.74 Å². The number of aromatic amines is 1. The number of hydrogen-bond donors (Lipinski definition) is 1. The SMILES string of the molecule is COC[C@@H]1CC(F)(F)CN1C1CN(C(=O)Cc2c[nH]c3ccccc23)C1. The van der Waals surface area contributed by atoms with Gasteiger partial charge in [0.15, 0.2) is 0 Å². The molecule has 1 aromatic heterocycles. The van der Waals surface area contributed by atoms with E-state index in [9.17, 15) is 13.6 Å². The van der Waals surface area contributed by atoms with Gasteiger partial charge >= 0.3 is 0 Å². The molecule has 26 heavy (non-hydrogen) atoms. The van der Waals surface area contributed by atoms with E-state index in [1.54, 1.807) is 4.90 Å². The molecule has 1 aromatic carbocycles. The summed E-state index contributed by atoms with van der Waals surface area (Å²) in [6, 6.07) is 7.60. The molecule has 0 aliphatic carbocycles. The number of benzene rings is 1. The Morgan fingerprint density at radius 3 is 2.88 bits per heavy atom. The molecule has 2 fully saturated rings. The van der Waals surface area contributed by atoms with E-state index in [0.29, 0.717) is 26.1 Å². The number of carbonyl (C=O) groups is 1. The van der Waals surface area contributed by atoms with Crippen LogP contribution in [0.25, 0.3) is 10.9 Å². The van der Waals surface area contributed by atoms with Crippen LogP contribution < -0.4 is 0 Å². The third-order valence-electron chi connectivity index (χ3n) is 5.48. The van der Waals surface area contributed by atoms with Crippen molar-refractivity contribution in [1.82, 2.24) is 14.8 Å². The molecule has 2 aliphatic rings. The van der Waals surface area contributed by atoms with Crippen molar-refractivity contribution < 1.29 is 18.3 Å². The molecule has 4 rings (SSSR count). The highest BCUT2D eigenvalue weighted by atomic mass is 19.3. The molecule has 2 aliphatic heterocycles. The zero-order chi connectivity index (χ0) is 18.3. The molecule has 0 bridgehead atoms. The minimum Gasteiger partial charge on any atom is -0.383 e. The second-order valence-electron chi connectivity index (χ2n) is 7.33. The van der Waals surface area contributed by atoms with Gasteiger partial charge in [0.05, 0.1) is 19.6 Å². The lowest BCUT2D eigenvalue weighted by atomic mass is 10.0. The Bertz CT molecular complexity index is 801. The Morgan fingerprint density at radius 2 is 2.12 bits per heavy atom. The number of halogens is 2. The summed E-state index contributed by atoms with van der Waals surface area (Å²) in [5.41, 5.74) is 1.98. The highest BCUT2D eigenvalue weighted by Gasteiger charge is 2.50. The molecule has 7 heteroatoms. The summed E-state index contributed by atoms with van der Waals surface area (Å²) < 4.78 is 32.6. The largest absolute Gasteiger partial charge is 0.383 e. The molecule has 0 spiro atoms. The number of para-hydroxylation sites is 1. The molecule has 1 atom stereocenters. The maximum Gasteiger partial charge on any atom is 0.262 e. The van der Waals surface area contributed by atoms with Crippen molar-refractivity contribution in [3.8, 4) is 0 Å². The second kappa shape index (κ2) is 6.63. The Labute approximate surface area is 150 Å². The van der Waals surface area contributed by atoms with Crippen LogP contribution in [0.15, 0.2) is 30.5 Å². The molecular formula is C19H23F2N3O2. The maximum absolute atomic E-state index is 13.8. The number of hydrogen-bond acceptors (Lipinski definition) is 3. The molecule has 140 valence electrons. The average molecular weight is 363 g/mol. The van der Waals surface area contributed by atoms with Crippen molar-refractivity contribution in [2.45, 2.75) is 30.8 Å². The third kappa shape index (κ3) is 3.21. The van der Waals surface area contributed by atoms with Gasteiger partial charge in [0.25, 0.3) is 5.92 Å². The Balaban J connectivity index is 1.36. The van der Waals surface area contributed by atoms with E-state index in [1.165, 1.54) is 7.11 Å². The number of H-pyrrole nitrogens is 1. The lowest BCUT2D eigenvalue weighted by Gasteiger charge is -2.45. The molecule has 1 N–H and O–H groups in total. The van der Waals surface area contributed by atoms with Crippen LogP contribution >= 0.6 is 0 Å². The van der Waals surface area contributed by atoms with Crippen molar-refractivity contribution in [2.75, 3.05) is 33.4 Å². The molecule has 0 unspecified atom stereocenters.